The molecule has 13 heavy (non-hydrogen) atoms. The maximum atomic E-state index is 13.1. The van der Waals surface area contributed by atoms with Crippen LogP contribution >= 0.6 is 15.9 Å². The SMILES string of the molecule is N#CCC#Cc1c(F)cccc1Br. The quantitative estimate of drug-likeness (QED) is 0.637. The maximum absolute atomic E-state index is 13.1. The van der Waals surface area contributed by atoms with E-state index in [-0.39, 0.29) is 12.2 Å². The summed E-state index contributed by atoms with van der Waals surface area (Å²) in [6.45, 7) is 0. The van der Waals surface area contributed by atoms with Gasteiger partial charge in [-0.1, -0.05) is 17.9 Å². The van der Waals surface area contributed by atoms with E-state index in [4.69, 9.17) is 5.26 Å². The van der Waals surface area contributed by atoms with Gasteiger partial charge in [0.05, 0.1) is 18.1 Å². The number of halogens is 2. The molecule has 0 radical (unpaired) electrons. The lowest BCUT2D eigenvalue weighted by atomic mass is 10.2. The van der Waals surface area contributed by atoms with E-state index in [0.717, 1.165) is 0 Å². The van der Waals surface area contributed by atoms with E-state index in [1.165, 1.54) is 6.07 Å². The average Bonchev–Trinajstić information content (AvgIpc) is 2.10. The molecule has 0 spiro atoms. The number of hydrogen-bond acceptors (Lipinski definition) is 1. The van der Waals surface area contributed by atoms with Gasteiger partial charge < -0.3 is 0 Å². The predicted octanol–water partition coefficient (Wildman–Crippen LogP) is 2.85. The summed E-state index contributed by atoms with van der Waals surface area (Å²) in [7, 11) is 0. The fourth-order valence-electron chi connectivity index (χ4n) is 0.789. The third-order valence-corrected chi connectivity index (χ3v) is 2.00. The first-order valence-electron chi connectivity index (χ1n) is 3.55. The van der Waals surface area contributed by atoms with Crippen LogP contribution in [0.2, 0.25) is 0 Å². The van der Waals surface area contributed by atoms with E-state index in [9.17, 15) is 4.39 Å². The molecule has 0 heterocycles. The van der Waals surface area contributed by atoms with Gasteiger partial charge in [-0.25, -0.2) is 4.39 Å². The second-order valence-corrected chi connectivity index (χ2v) is 3.09. The van der Waals surface area contributed by atoms with Crippen LogP contribution in [0.25, 0.3) is 0 Å². The molecule has 0 atom stereocenters. The normalized spacial score (nSPS) is 8.38. The Hall–Kier alpha value is -1.32. The Morgan fingerprint density at radius 3 is 2.85 bits per heavy atom. The molecule has 0 saturated heterocycles. The first kappa shape index (κ1) is 9.77. The highest BCUT2D eigenvalue weighted by atomic mass is 79.9. The number of hydrogen-bond donors (Lipinski definition) is 0. The minimum atomic E-state index is -0.375. The highest BCUT2D eigenvalue weighted by molar-refractivity contribution is 9.10. The van der Waals surface area contributed by atoms with Crippen LogP contribution in [0.3, 0.4) is 0 Å². The Labute approximate surface area is 84.3 Å². The zero-order chi connectivity index (χ0) is 9.68. The molecule has 1 nitrogen and oxygen atoms in total. The summed E-state index contributed by atoms with van der Waals surface area (Å²) >= 11 is 3.17. The maximum Gasteiger partial charge on any atom is 0.139 e. The molecule has 0 aliphatic carbocycles. The van der Waals surface area contributed by atoms with Crippen molar-refractivity contribution in [1.82, 2.24) is 0 Å². The van der Waals surface area contributed by atoms with E-state index < -0.39 is 0 Å². The van der Waals surface area contributed by atoms with Crippen LogP contribution in [0.4, 0.5) is 4.39 Å². The molecule has 3 heteroatoms. The van der Waals surface area contributed by atoms with E-state index in [2.05, 4.69) is 27.8 Å². The molecule has 0 N–H and O–H groups in total. The minimum Gasteiger partial charge on any atom is -0.206 e. The van der Waals surface area contributed by atoms with Crippen molar-refractivity contribution in [3.8, 4) is 17.9 Å². The topological polar surface area (TPSA) is 23.8 Å². The Kier molecular flexibility index (Phi) is 3.49. The van der Waals surface area contributed by atoms with Crippen LogP contribution in [0, 0.1) is 29.0 Å². The molecule has 0 aliphatic rings. The zero-order valence-electron chi connectivity index (χ0n) is 6.64. The fourth-order valence-corrected chi connectivity index (χ4v) is 1.23. The van der Waals surface area contributed by atoms with Gasteiger partial charge in [-0.3, -0.25) is 0 Å². The molecular formula is C10H5BrFN. The standard InChI is InChI=1S/C10H5BrFN/c11-9-5-3-6-10(12)8(9)4-1-2-7-13/h3,5-6H,2H2. The van der Waals surface area contributed by atoms with E-state index >= 15 is 0 Å². The molecular weight excluding hydrogens is 233 g/mol. The lowest BCUT2D eigenvalue weighted by Crippen LogP contribution is -1.83. The molecule has 1 aromatic carbocycles. The Bertz CT molecular complexity index is 389. The molecule has 64 valence electrons. The summed E-state index contributed by atoms with van der Waals surface area (Å²) in [4.78, 5) is 0. The van der Waals surface area contributed by atoms with Crippen molar-refractivity contribution in [3.05, 3.63) is 34.1 Å². The molecule has 0 amide bonds. The molecule has 0 fully saturated rings. The summed E-state index contributed by atoms with van der Waals surface area (Å²) < 4.78 is 13.7. The van der Waals surface area contributed by atoms with Crippen LogP contribution < -0.4 is 0 Å². The lowest BCUT2D eigenvalue weighted by molar-refractivity contribution is 0.623. The van der Waals surface area contributed by atoms with Crippen LogP contribution in [0.15, 0.2) is 22.7 Å². The van der Waals surface area contributed by atoms with Crippen molar-refractivity contribution >= 4 is 15.9 Å². The van der Waals surface area contributed by atoms with E-state index in [1.807, 2.05) is 6.07 Å². The summed E-state index contributed by atoms with van der Waals surface area (Å²) in [5.74, 6) is 4.76. The second-order valence-electron chi connectivity index (χ2n) is 2.23. The highest BCUT2D eigenvalue weighted by Crippen LogP contribution is 2.17. The van der Waals surface area contributed by atoms with Gasteiger partial charge in [-0.05, 0) is 28.1 Å². The Balaban J connectivity index is 3.03. The van der Waals surface area contributed by atoms with Crippen molar-refractivity contribution in [3.63, 3.8) is 0 Å². The van der Waals surface area contributed by atoms with E-state index in [1.54, 1.807) is 12.1 Å². The smallest absolute Gasteiger partial charge is 0.139 e. The van der Waals surface area contributed by atoms with Crippen molar-refractivity contribution in [2.45, 2.75) is 6.42 Å². The Morgan fingerprint density at radius 1 is 1.46 bits per heavy atom. The van der Waals surface area contributed by atoms with Gasteiger partial charge in [0.1, 0.15) is 5.82 Å². The third-order valence-electron chi connectivity index (χ3n) is 1.34. The number of nitriles is 1. The highest BCUT2D eigenvalue weighted by Gasteiger charge is 2.01. The molecule has 0 saturated carbocycles. The van der Waals surface area contributed by atoms with Crippen LogP contribution in [-0.2, 0) is 0 Å². The monoisotopic (exact) mass is 237 g/mol. The van der Waals surface area contributed by atoms with Gasteiger partial charge in [0.2, 0.25) is 0 Å². The van der Waals surface area contributed by atoms with Gasteiger partial charge in [-0.15, -0.1) is 0 Å². The minimum absolute atomic E-state index is 0.112. The van der Waals surface area contributed by atoms with Crippen molar-refractivity contribution < 1.29 is 4.39 Å². The van der Waals surface area contributed by atoms with Crippen LogP contribution in [0.1, 0.15) is 12.0 Å². The second kappa shape index (κ2) is 4.64. The summed E-state index contributed by atoms with van der Waals surface area (Å²) in [5.41, 5.74) is 0.303. The largest absolute Gasteiger partial charge is 0.206 e. The zero-order valence-corrected chi connectivity index (χ0v) is 8.23. The van der Waals surface area contributed by atoms with E-state index in [0.29, 0.717) is 10.0 Å². The predicted molar refractivity (Wildman–Crippen MR) is 51.2 cm³/mol. The molecule has 1 rings (SSSR count). The van der Waals surface area contributed by atoms with Gasteiger partial charge in [0.25, 0.3) is 0 Å². The van der Waals surface area contributed by atoms with Crippen molar-refractivity contribution in [1.29, 1.82) is 5.26 Å². The first-order valence-corrected chi connectivity index (χ1v) is 4.35. The van der Waals surface area contributed by atoms with Gasteiger partial charge in [0, 0.05) is 4.47 Å². The number of nitrogens with zero attached hydrogens (tertiary/aromatic N) is 1. The van der Waals surface area contributed by atoms with Crippen LogP contribution in [-0.4, -0.2) is 0 Å². The number of rotatable bonds is 0. The van der Waals surface area contributed by atoms with Gasteiger partial charge in [0.15, 0.2) is 0 Å². The Morgan fingerprint density at radius 2 is 2.23 bits per heavy atom. The number of benzene rings is 1. The molecule has 0 bridgehead atoms. The summed E-state index contributed by atoms with van der Waals surface area (Å²) in [5, 5.41) is 8.22. The van der Waals surface area contributed by atoms with Crippen molar-refractivity contribution in [2.24, 2.45) is 0 Å². The molecule has 1 aromatic rings. The van der Waals surface area contributed by atoms with Gasteiger partial charge >= 0.3 is 0 Å². The lowest BCUT2D eigenvalue weighted by Gasteiger charge is -1.95. The summed E-state index contributed by atoms with van der Waals surface area (Å²) in [6, 6.07) is 6.50. The first-order chi connectivity index (χ1) is 6.25. The summed E-state index contributed by atoms with van der Waals surface area (Å²) in [6.07, 6.45) is 0.112. The van der Waals surface area contributed by atoms with Crippen LogP contribution in [0.5, 0.6) is 0 Å². The third kappa shape index (κ3) is 2.57. The fraction of sp³-hybridized carbons (Fsp3) is 0.100. The molecule has 0 aliphatic heterocycles. The molecule has 0 aromatic heterocycles. The average molecular weight is 238 g/mol. The molecule has 0 unspecified atom stereocenters. The van der Waals surface area contributed by atoms with Gasteiger partial charge in [-0.2, -0.15) is 5.26 Å². The van der Waals surface area contributed by atoms with Crippen molar-refractivity contribution in [2.75, 3.05) is 0 Å².